The summed E-state index contributed by atoms with van der Waals surface area (Å²) < 4.78 is 0. The predicted molar refractivity (Wildman–Crippen MR) is 97.8 cm³/mol. The second-order valence-electron chi connectivity index (χ2n) is 7.32. The average molecular weight is 346 g/mol. The molecule has 2 heterocycles. The third-order valence-electron chi connectivity index (χ3n) is 5.21. The van der Waals surface area contributed by atoms with E-state index in [1.54, 1.807) is 11.8 Å². The molecule has 1 aromatic rings. The van der Waals surface area contributed by atoms with Crippen molar-refractivity contribution in [1.82, 2.24) is 10.2 Å². The molecule has 4 nitrogen and oxygen atoms in total. The maximum Gasteiger partial charge on any atom is 0.244 e. The van der Waals surface area contributed by atoms with E-state index in [1.165, 1.54) is 5.56 Å². The lowest BCUT2D eigenvalue weighted by Gasteiger charge is -2.30. The maximum atomic E-state index is 12.7. The van der Waals surface area contributed by atoms with Gasteiger partial charge >= 0.3 is 0 Å². The fraction of sp³-hybridized carbons (Fsp3) is 0.579. The molecule has 130 valence electrons. The van der Waals surface area contributed by atoms with Gasteiger partial charge < -0.3 is 10.2 Å². The van der Waals surface area contributed by atoms with Gasteiger partial charge in [0.25, 0.3) is 0 Å². The number of thioether (sulfide) groups is 1. The molecule has 0 aliphatic carbocycles. The fourth-order valence-electron chi connectivity index (χ4n) is 3.58. The fourth-order valence-corrected chi connectivity index (χ4v) is 5.01. The Kier molecular flexibility index (Phi) is 4.65. The quantitative estimate of drug-likeness (QED) is 0.908. The third-order valence-corrected chi connectivity index (χ3v) is 6.71. The summed E-state index contributed by atoms with van der Waals surface area (Å²) in [5.41, 5.74) is 2.39. The Morgan fingerprint density at radius 1 is 1.25 bits per heavy atom. The molecule has 0 bridgehead atoms. The van der Waals surface area contributed by atoms with Crippen LogP contribution in [0.3, 0.4) is 0 Å². The summed E-state index contributed by atoms with van der Waals surface area (Å²) in [5.74, 6) is 1.25. The van der Waals surface area contributed by atoms with Gasteiger partial charge in [-0.1, -0.05) is 38.1 Å². The van der Waals surface area contributed by atoms with Crippen LogP contribution in [0.1, 0.15) is 63.6 Å². The lowest BCUT2D eigenvalue weighted by atomic mass is 9.99. The Morgan fingerprint density at radius 3 is 2.50 bits per heavy atom. The first-order valence-electron chi connectivity index (χ1n) is 8.68. The van der Waals surface area contributed by atoms with Crippen molar-refractivity contribution in [3.05, 3.63) is 35.4 Å². The molecule has 1 aromatic carbocycles. The van der Waals surface area contributed by atoms with Crippen molar-refractivity contribution in [3.8, 4) is 0 Å². The standard InChI is InChI=1S/C19H26N2O2S/c1-12(2)14-5-7-15(8-6-14)13(3)20-18(23)16-11-24-19(4)10-9-17(22)21(16)19/h5-8,12-13,16H,9-11H2,1-4H3,(H,20,23). The highest BCUT2D eigenvalue weighted by Gasteiger charge is 2.52. The van der Waals surface area contributed by atoms with Crippen LogP contribution >= 0.6 is 11.8 Å². The van der Waals surface area contributed by atoms with E-state index < -0.39 is 0 Å². The number of nitrogens with one attached hydrogen (secondary N) is 1. The van der Waals surface area contributed by atoms with E-state index in [-0.39, 0.29) is 28.8 Å². The number of benzene rings is 1. The zero-order valence-corrected chi connectivity index (χ0v) is 15.7. The molecule has 2 aliphatic rings. The van der Waals surface area contributed by atoms with Crippen LogP contribution in [0.25, 0.3) is 0 Å². The average Bonchev–Trinajstić information content (AvgIpc) is 3.04. The van der Waals surface area contributed by atoms with E-state index in [0.29, 0.717) is 18.1 Å². The van der Waals surface area contributed by atoms with Gasteiger partial charge in [-0.15, -0.1) is 11.8 Å². The molecule has 24 heavy (non-hydrogen) atoms. The molecule has 3 unspecified atom stereocenters. The molecule has 2 amide bonds. The second-order valence-corrected chi connectivity index (χ2v) is 8.82. The van der Waals surface area contributed by atoms with Crippen molar-refractivity contribution in [2.45, 2.75) is 63.4 Å². The zero-order valence-electron chi connectivity index (χ0n) is 14.8. The normalized spacial score (nSPS) is 27.5. The molecular weight excluding hydrogens is 320 g/mol. The Labute approximate surface area is 148 Å². The van der Waals surface area contributed by atoms with Crippen LogP contribution < -0.4 is 5.32 Å². The van der Waals surface area contributed by atoms with Crippen LogP contribution in [0.5, 0.6) is 0 Å². The minimum atomic E-state index is -0.340. The minimum absolute atomic E-state index is 0.0399. The zero-order chi connectivity index (χ0) is 17.5. The summed E-state index contributed by atoms with van der Waals surface area (Å²) in [6.45, 7) is 8.41. The SMILES string of the molecule is CC(C)c1ccc(C(C)NC(=O)C2CSC3(C)CCC(=O)N23)cc1. The minimum Gasteiger partial charge on any atom is -0.348 e. The summed E-state index contributed by atoms with van der Waals surface area (Å²) in [6.07, 6.45) is 1.39. The van der Waals surface area contributed by atoms with Crippen molar-refractivity contribution in [2.24, 2.45) is 0 Å². The number of nitrogens with zero attached hydrogens (tertiary/aromatic N) is 1. The van der Waals surface area contributed by atoms with E-state index in [9.17, 15) is 9.59 Å². The van der Waals surface area contributed by atoms with Gasteiger partial charge in [0, 0.05) is 12.2 Å². The van der Waals surface area contributed by atoms with Crippen LogP contribution in [0, 0.1) is 0 Å². The molecule has 2 saturated heterocycles. The van der Waals surface area contributed by atoms with E-state index in [2.05, 4.69) is 50.4 Å². The summed E-state index contributed by atoms with van der Waals surface area (Å²) >= 11 is 1.73. The molecule has 0 radical (unpaired) electrons. The lowest BCUT2D eigenvalue weighted by Crippen LogP contribution is -2.50. The van der Waals surface area contributed by atoms with E-state index in [1.807, 2.05) is 11.8 Å². The molecule has 3 atom stereocenters. The second kappa shape index (κ2) is 6.43. The number of amides is 2. The van der Waals surface area contributed by atoms with Crippen LogP contribution in [0.4, 0.5) is 0 Å². The van der Waals surface area contributed by atoms with Crippen molar-refractivity contribution in [2.75, 3.05) is 5.75 Å². The van der Waals surface area contributed by atoms with Crippen LogP contribution in [0.2, 0.25) is 0 Å². The Hall–Kier alpha value is -1.49. The van der Waals surface area contributed by atoms with Gasteiger partial charge in [-0.3, -0.25) is 9.59 Å². The molecular formula is C19H26N2O2S. The Balaban J connectivity index is 1.67. The highest BCUT2D eigenvalue weighted by Crippen LogP contribution is 2.47. The molecule has 5 heteroatoms. The van der Waals surface area contributed by atoms with Gasteiger partial charge in [0.2, 0.25) is 11.8 Å². The third kappa shape index (κ3) is 3.06. The number of hydrogen-bond donors (Lipinski definition) is 1. The largest absolute Gasteiger partial charge is 0.348 e. The van der Waals surface area contributed by atoms with Crippen LogP contribution in [-0.2, 0) is 9.59 Å². The first-order valence-corrected chi connectivity index (χ1v) is 9.67. The molecule has 1 N–H and O–H groups in total. The highest BCUT2D eigenvalue weighted by molar-refractivity contribution is 8.01. The molecule has 2 aliphatic heterocycles. The lowest BCUT2D eigenvalue weighted by molar-refractivity contribution is -0.138. The van der Waals surface area contributed by atoms with Crippen molar-refractivity contribution in [3.63, 3.8) is 0 Å². The molecule has 0 saturated carbocycles. The maximum absolute atomic E-state index is 12.7. The van der Waals surface area contributed by atoms with Gasteiger partial charge in [-0.2, -0.15) is 0 Å². The van der Waals surface area contributed by atoms with Gasteiger partial charge in [0.15, 0.2) is 0 Å². The summed E-state index contributed by atoms with van der Waals surface area (Å²) in [6, 6.07) is 7.99. The Morgan fingerprint density at radius 2 is 1.88 bits per heavy atom. The number of hydrogen-bond acceptors (Lipinski definition) is 3. The first kappa shape index (κ1) is 17.3. The number of fused-ring (bicyclic) bond motifs is 1. The first-order chi connectivity index (χ1) is 11.3. The topological polar surface area (TPSA) is 49.4 Å². The van der Waals surface area contributed by atoms with Crippen molar-refractivity contribution >= 4 is 23.6 Å². The van der Waals surface area contributed by atoms with E-state index >= 15 is 0 Å². The van der Waals surface area contributed by atoms with Crippen LogP contribution in [0.15, 0.2) is 24.3 Å². The summed E-state index contributed by atoms with van der Waals surface area (Å²) in [5, 5.41) is 3.09. The van der Waals surface area contributed by atoms with Gasteiger partial charge in [0.1, 0.15) is 6.04 Å². The molecule has 2 fully saturated rings. The predicted octanol–water partition coefficient (Wildman–Crippen LogP) is 3.44. The number of carbonyl (C=O) groups excluding carboxylic acids is 2. The molecule has 0 aromatic heterocycles. The number of carbonyl (C=O) groups is 2. The smallest absolute Gasteiger partial charge is 0.244 e. The molecule has 0 spiro atoms. The van der Waals surface area contributed by atoms with Crippen molar-refractivity contribution < 1.29 is 9.59 Å². The van der Waals surface area contributed by atoms with Crippen LogP contribution in [-0.4, -0.2) is 33.4 Å². The van der Waals surface area contributed by atoms with E-state index in [0.717, 1.165) is 12.0 Å². The van der Waals surface area contributed by atoms with Crippen molar-refractivity contribution in [1.29, 1.82) is 0 Å². The molecule has 3 rings (SSSR count). The summed E-state index contributed by atoms with van der Waals surface area (Å²) in [7, 11) is 0. The number of rotatable bonds is 4. The van der Waals surface area contributed by atoms with Gasteiger partial charge in [-0.25, -0.2) is 0 Å². The van der Waals surface area contributed by atoms with Gasteiger partial charge in [-0.05, 0) is 37.3 Å². The monoisotopic (exact) mass is 346 g/mol. The highest BCUT2D eigenvalue weighted by atomic mass is 32.2. The van der Waals surface area contributed by atoms with Gasteiger partial charge in [0.05, 0.1) is 10.9 Å². The summed E-state index contributed by atoms with van der Waals surface area (Å²) in [4.78, 5) is 26.5. The van der Waals surface area contributed by atoms with E-state index in [4.69, 9.17) is 0 Å². The Bertz CT molecular complexity index is 643.